The summed E-state index contributed by atoms with van der Waals surface area (Å²) >= 11 is 5.80. The van der Waals surface area contributed by atoms with Crippen molar-refractivity contribution < 1.29 is 14.3 Å². The van der Waals surface area contributed by atoms with Gasteiger partial charge in [-0.2, -0.15) is 0 Å². The summed E-state index contributed by atoms with van der Waals surface area (Å²) in [6.45, 7) is 0.937. The number of imide groups is 1. The Bertz CT molecular complexity index is 573. The summed E-state index contributed by atoms with van der Waals surface area (Å²) < 4.78 is 5.82. The molecule has 8 heteroatoms. The molecule has 23 heavy (non-hydrogen) atoms. The molecule has 124 valence electrons. The van der Waals surface area contributed by atoms with Crippen LogP contribution in [0, 0.1) is 0 Å². The van der Waals surface area contributed by atoms with Crippen molar-refractivity contribution in [2.45, 2.75) is 37.8 Å². The number of carbonyl (C=O) groups is 2. The van der Waals surface area contributed by atoms with Crippen LogP contribution in [0.3, 0.4) is 0 Å². The lowest BCUT2D eigenvalue weighted by atomic mass is 9.93. The summed E-state index contributed by atoms with van der Waals surface area (Å²) in [5.41, 5.74) is 0. The van der Waals surface area contributed by atoms with Crippen LogP contribution in [0.1, 0.15) is 25.7 Å². The number of ether oxygens (including phenoxy) is 1. The van der Waals surface area contributed by atoms with Crippen molar-refractivity contribution in [3.05, 3.63) is 23.4 Å². The normalized spacial score (nSPS) is 24.2. The van der Waals surface area contributed by atoms with Gasteiger partial charge in [-0.25, -0.2) is 19.5 Å². The van der Waals surface area contributed by atoms with Gasteiger partial charge in [-0.1, -0.05) is 11.6 Å². The van der Waals surface area contributed by atoms with Gasteiger partial charge in [0, 0.05) is 31.4 Å². The van der Waals surface area contributed by atoms with E-state index < -0.39 is 0 Å². The van der Waals surface area contributed by atoms with Gasteiger partial charge in [0.05, 0.1) is 5.02 Å². The average molecular weight is 339 g/mol. The predicted octanol–water partition coefficient (Wildman–Crippen LogP) is 2.16. The van der Waals surface area contributed by atoms with E-state index in [-0.39, 0.29) is 24.2 Å². The van der Waals surface area contributed by atoms with E-state index in [1.54, 1.807) is 18.3 Å². The van der Waals surface area contributed by atoms with Gasteiger partial charge in [0.15, 0.2) is 0 Å². The van der Waals surface area contributed by atoms with Gasteiger partial charge in [0.2, 0.25) is 5.88 Å². The molecule has 1 aromatic rings. The highest BCUT2D eigenvalue weighted by Gasteiger charge is 2.29. The maximum absolute atomic E-state index is 12.0. The molecule has 1 aromatic heterocycles. The highest BCUT2D eigenvalue weighted by Crippen LogP contribution is 2.23. The molecule has 0 aromatic carbocycles. The fourth-order valence-electron chi connectivity index (χ4n) is 2.85. The summed E-state index contributed by atoms with van der Waals surface area (Å²) in [6, 6.07) is 2.94. The quantitative estimate of drug-likeness (QED) is 0.884. The maximum atomic E-state index is 12.0. The van der Waals surface area contributed by atoms with E-state index in [0.29, 0.717) is 24.0 Å². The molecule has 2 N–H and O–H groups in total. The van der Waals surface area contributed by atoms with Crippen molar-refractivity contribution in [1.82, 2.24) is 20.5 Å². The molecule has 1 saturated carbocycles. The first kappa shape index (κ1) is 15.9. The number of pyridine rings is 1. The highest BCUT2D eigenvalue weighted by molar-refractivity contribution is 6.30. The van der Waals surface area contributed by atoms with Gasteiger partial charge >= 0.3 is 12.1 Å². The van der Waals surface area contributed by atoms with Crippen molar-refractivity contribution in [2.24, 2.45) is 0 Å². The lowest BCUT2D eigenvalue weighted by Crippen LogP contribution is -2.47. The smallest absolute Gasteiger partial charge is 0.325 e. The molecule has 3 rings (SSSR count). The van der Waals surface area contributed by atoms with Crippen LogP contribution in [0.4, 0.5) is 9.59 Å². The van der Waals surface area contributed by atoms with E-state index in [1.807, 2.05) is 0 Å². The molecule has 0 bridgehead atoms. The number of hydrogen-bond donors (Lipinski definition) is 2. The first-order valence-electron chi connectivity index (χ1n) is 7.76. The van der Waals surface area contributed by atoms with Crippen molar-refractivity contribution in [2.75, 3.05) is 13.1 Å². The van der Waals surface area contributed by atoms with Gasteiger partial charge < -0.3 is 15.4 Å². The molecule has 2 heterocycles. The molecule has 1 aliphatic heterocycles. The molecule has 2 fully saturated rings. The number of nitrogens with one attached hydrogen (secondary N) is 2. The second-order valence-corrected chi connectivity index (χ2v) is 6.18. The molecule has 0 spiro atoms. The van der Waals surface area contributed by atoms with Crippen LogP contribution in [0.5, 0.6) is 5.88 Å². The van der Waals surface area contributed by atoms with Gasteiger partial charge in [-0.05, 0) is 31.7 Å². The molecule has 7 nitrogen and oxygen atoms in total. The van der Waals surface area contributed by atoms with Gasteiger partial charge in [0.1, 0.15) is 6.10 Å². The van der Waals surface area contributed by atoms with Crippen molar-refractivity contribution in [3.63, 3.8) is 0 Å². The average Bonchev–Trinajstić information content (AvgIpc) is 2.98. The van der Waals surface area contributed by atoms with E-state index in [0.717, 1.165) is 25.7 Å². The minimum absolute atomic E-state index is 0.0777. The lowest BCUT2D eigenvalue weighted by Gasteiger charge is -2.30. The van der Waals surface area contributed by atoms with E-state index in [4.69, 9.17) is 16.3 Å². The monoisotopic (exact) mass is 338 g/mol. The molecular weight excluding hydrogens is 320 g/mol. The number of rotatable bonds is 3. The Kier molecular flexibility index (Phi) is 4.85. The second kappa shape index (κ2) is 7.04. The molecule has 0 radical (unpaired) electrons. The molecule has 1 saturated heterocycles. The third kappa shape index (κ3) is 4.04. The molecule has 0 unspecified atom stereocenters. The van der Waals surface area contributed by atoms with E-state index in [1.165, 1.54) is 4.90 Å². The summed E-state index contributed by atoms with van der Waals surface area (Å²) in [5, 5.41) is 6.11. The Morgan fingerprint density at radius 3 is 2.74 bits per heavy atom. The van der Waals surface area contributed by atoms with Crippen LogP contribution in [-0.4, -0.2) is 47.2 Å². The van der Waals surface area contributed by atoms with Crippen LogP contribution < -0.4 is 15.4 Å². The zero-order valence-electron chi connectivity index (χ0n) is 12.6. The van der Waals surface area contributed by atoms with E-state index in [9.17, 15) is 9.59 Å². The van der Waals surface area contributed by atoms with E-state index in [2.05, 4.69) is 15.6 Å². The number of urea groups is 2. The number of halogens is 1. The molecular formula is C15H19ClN4O3. The number of hydrogen-bond acceptors (Lipinski definition) is 4. The maximum Gasteiger partial charge on any atom is 0.325 e. The second-order valence-electron chi connectivity index (χ2n) is 5.74. The van der Waals surface area contributed by atoms with Crippen LogP contribution >= 0.6 is 11.6 Å². The molecule has 2 aliphatic rings. The highest BCUT2D eigenvalue weighted by atomic mass is 35.5. The number of aromatic nitrogens is 1. The summed E-state index contributed by atoms with van der Waals surface area (Å²) in [5.74, 6) is 0.565. The zero-order valence-corrected chi connectivity index (χ0v) is 13.4. The van der Waals surface area contributed by atoms with E-state index >= 15 is 0 Å². The Morgan fingerprint density at radius 2 is 2.13 bits per heavy atom. The molecule has 1 aliphatic carbocycles. The fourth-order valence-corrected chi connectivity index (χ4v) is 2.96. The van der Waals surface area contributed by atoms with Gasteiger partial charge in [-0.15, -0.1) is 0 Å². The number of amides is 4. The predicted molar refractivity (Wildman–Crippen MR) is 84.6 cm³/mol. The Morgan fingerprint density at radius 1 is 1.35 bits per heavy atom. The van der Waals surface area contributed by atoms with Crippen molar-refractivity contribution in [3.8, 4) is 5.88 Å². The van der Waals surface area contributed by atoms with Crippen molar-refractivity contribution >= 4 is 23.7 Å². The van der Waals surface area contributed by atoms with Crippen LogP contribution in [0.25, 0.3) is 0 Å². The van der Waals surface area contributed by atoms with Crippen LogP contribution in [-0.2, 0) is 0 Å². The summed E-state index contributed by atoms with van der Waals surface area (Å²) in [6.07, 6.45) is 4.96. The summed E-state index contributed by atoms with van der Waals surface area (Å²) in [4.78, 5) is 28.8. The zero-order chi connectivity index (χ0) is 16.2. The number of carbonyl (C=O) groups excluding carboxylic acids is 2. The minimum Gasteiger partial charge on any atom is -0.474 e. The third-order valence-corrected chi connectivity index (χ3v) is 4.31. The standard InChI is InChI=1S/C15H19ClN4O3/c16-10-1-6-13(18-9-10)23-12-4-2-11(3-5-12)19-15(22)20-8-7-17-14(20)21/h1,6,9,11-12H,2-5,7-8H2,(H,17,21)(H,19,22). The SMILES string of the molecule is O=C1NCCN1C(=O)NC1CCC(Oc2ccc(Cl)cn2)CC1. The minimum atomic E-state index is -0.326. The van der Waals surface area contributed by atoms with Crippen molar-refractivity contribution in [1.29, 1.82) is 0 Å². The lowest BCUT2D eigenvalue weighted by molar-refractivity contribution is 0.132. The largest absolute Gasteiger partial charge is 0.474 e. The topological polar surface area (TPSA) is 83.6 Å². The fraction of sp³-hybridized carbons (Fsp3) is 0.533. The van der Waals surface area contributed by atoms with Crippen LogP contribution in [0.15, 0.2) is 18.3 Å². The summed E-state index contributed by atoms with van der Waals surface area (Å²) in [7, 11) is 0. The third-order valence-electron chi connectivity index (χ3n) is 4.09. The Balaban J connectivity index is 1.44. The number of nitrogens with zero attached hydrogens (tertiary/aromatic N) is 2. The molecule has 0 atom stereocenters. The Labute approximate surface area is 139 Å². The van der Waals surface area contributed by atoms with Gasteiger partial charge in [-0.3, -0.25) is 0 Å². The molecule has 4 amide bonds. The first-order chi connectivity index (χ1) is 11.1. The van der Waals surface area contributed by atoms with Gasteiger partial charge in [0.25, 0.3) is 0 Å². The van der Waals surface area contributed by atoms with Crippen LogP contribution in [0.2, 0.25) is 5.02 Å². The Hall–Kier alpha value is -2.02. The first-order valence-corrected chi connectivity index (χ1v) is 8.13.